The van der Waals surface area contributed by atoms with Crippen molar-refractivity contribution in [1.29, 1.82) is 0 Å². The molecular formula is C17H13ClFNO2S. The van der Waals surface area contributed by atoms with Gasteiger partial charge in [0.2, 0.25) is 0 Å². The lowest BCUT2D eigenvalue weighted by Crippen LogP contribution is -2.02. The molecule has 0 radical (unpaired) electrons. The summed E-state index contributed by atoms with van der Waals surface area (Å²) in [6.45, 7) is 1.77. The first-order valence-corrected chi connectivity index (χ1v) is 9.11. The zero-order valence-corrected chi connectivity index (χ0v) is 14.0. The van der Waals surface area contributed by atoms with Crippen LogP contribution in [0.5, 0.6) is 0 Å². The Labute approximate surface area is 138 Å². The van der Waals surface area contributed by atoms with Crippen LogP contribution in [0.2, 0.25) is 5.02 Å². The first-order valence-electron chi connectivity index (χ1n) is 6.84. The van der Waals surface area contributed by atoms with E-state index in [1.165, 1.54) is 18.2 Å². The molecule has 3 nitrogen and oxygen atoms in total. The van der Waals surface area contributed by atoms with Crippen LogP contribution in [-0.2, 0) is 9.84 Å². The maximum atomic E-state index is 13.5. The molecule has 0 amide bonds. The maximum absolute atomic E-state index is 13.5. The molecule has 6 heteroatoms. The van der Waals surface area contributed by atoms with E-state index >= 15 is 0 Å². The van der Waals surface area contributed by atoms with Crippen molar-refractivity contribution in [3.63, 3.8) is 0 Å². The number of hydrogen-bond acceptors (Lipinski definition) is 3. The van der Waals surface area contributed by atoms with E-state index in [0.717, 1.165) is 6.26 Å². The van der Waals surface area contributed by atoms with E-state index in [9.17, 15) is 12.8 Å². The van der Waals surface area contributed by atoms with Crippen LogP contribution in [0.15, 0.2) is 47.4 Å². The van der Waals surface area contributed by atoms with Gasteiger partial charge in [0.25, 0.3) is 0 Å². The van der Waals surface area contributed by atoms with Crippen molar-refractivity contribution < 1.29 is 12.8 Å². The lowest BCUT2D eigenvalue weighted by atomic mass is 10.0. The van der Waals surface area contributed by atoms with Crippen molar-refractivity contribution >= 4 is 32.3 Å². The molecule has 0 aliphatic rings. The predicted octanol–water partition coefficient (Wildman–Crippen LogP) is 4.41. The summed E-state index contributed by atoms with van der Waals surface area (Å²) in [5.41, 5.74) is 1.94. The largest absolute Gasteiger partial charge is 0.247 e. The molecule has 0 atom stereocenters. The fourth-order valence-corrected chi connectivity index (χ4v) is 3.68. The Morgan fingerprint density at radius 1 is 1.13 bits per heavy atom. The molecule has 2 aromatic carbocycles. The Hall–Kier alpha value is -1.98. The minimum absolute atomic E-state index is 0.169. The van der Waals surface area contributed by atoms with Crippen LogP contribution in [0.1, 0.15) is 5.56 Å². The molecule has 0 aliphatic carbocycles. The number of rotatable bonds is 2. The smallest absolute Gasteiger partial charge is 0.176 e. The van der Waals surface area contributed by atoms with Crippen LogP contribution in [0, 0.1) is 12.7 Å². The third-order valence-electron chi connectivity index (χ3n) is 3.65. The summed E-state index contributed by atoms with van der Waals surface area (Å²) in [5, 5.41) is 1.07. The summed E-state index contributed by atoms with van der Waals surface area (Å²) in [7, 11) is -3.43. The fourth-order valence-electron chi connectivity index (χ4n) is 2.54. The summed E-state index contributed by atoms with van der Waals surface area (Å²) < 4.78 is 37.5. The summed E-state index contributed by atoms with van der Waals surface area (Å²) >= 11 is 6.39. The van der Waals surface area contributed by atoms with Crippen molar-refractivity contribution in [2.24, 2.45) is 0 Å². The topological polar surface area (TPSA) is 47.0 Å². The highest BCUT2D eigenvalue weighted by molar-refractivity contribution is 7.90. The average Bonchev–Trinajstić information content (AvgIpc) is 2.50. The normalized spacial score (nSPS) is 11.8. The van der Waals surface area contributed by atoms with E-state index in [1.54, 1.807) is 31.2 Å². The standard InChI is InChI=1S/C17H13ClFNO2S/c1-10-16(18)12-8-7-11(19)9-14(12)20-17(10)13-5-3-4-6-15(13)23(2,21)22/h3-9H,1-2H3. The summed E-state index contributed by atoms with van der Waals surface area (Å²) in [6.07, 6.45) is 1.14. The number of hydrogen-bond donors (Lipinski definition) is 0. The molecule has 0 unspecified atom stereocenters. The molecule has 0 saturated heterocycles. The molecule has 0 aliphatic heterocycles. The zero-order chi connectivity index (χ0) is 16.8. The highest BCUT2D eigenvalue weighted by Gasteiger charge is 2.19. The van der Waals surface area contributed by atoms with Crippen LogP contribution in [0.3, 0.4) is 0 Å². The quantitative estimate of drug-likeness (QED) is 0.688. The van der Waals surface area contributed by atoms with Gasteiger partial charge >= 0.3 is 0 Å². The van der Waals surface area contributed by atoms with E-state index in [1.807, 2.05) is 0 Å². The van der Waals surface area contributed by atoms with Gasteiger partial charge in [-0.1, -0.05) is 29.8 Å². The minimum Gasteiger partial charge on any atom is -0.247 e. The molecule has 0 bridgehead atoms. The van der Waals surface area contributed by atoms with Crippen molar-refractivity contribution in [3.8, 4) is 11.3 Å². The second-order valence-electron chi connectivity index (χ2n) is 5.33. The van der Waals surface area contributed by atoms with Crippen LogP contribution in [-0.4, -0.2) is 19.7 Å². The van der Waals surface area contributed by atoms with Gasteiger partial charge in [0.1, 0.15) is 5.82 Å². The number of nitrogens with zero attached hydrogens (tertiary/aromatic N) is 1. The number of pyridine rings is 1. The van der Waals surface area contributed by atoms with E-state index in [0.29, 0.717) is 32.7 Å². The molecule has 1 heterocycles. The van der Waals surface area contributed by atoms with Crippen molar-refractivity contribution in [1.82, 2.24) is 4.98 Å². The Morgan fingerprint density at radius 2 is 1.83 bits per heavy atom. The fraction of sp³-hybridized carbons (Fsp3) is 0.118. The third-order valence-corrected chi connectivity index (χ3v) is 5.30. The van der Waals surface area contributed by atoms with Crippen molar-refractivity contribution in [3.05, 3.63) is 58.9 Å². The lowest BCUT2D eigenvalue weighted by Gasteiger charge is -2.13. The molecule has 0 spiro atoms. The maximum Gasteiger partial charge on any atom is 0.176 e. The molecule has 0 N–H and O–H groups in total. The van der Waals surface area contributed by atoms with Gasteiger partial charge < -0.3 is 0 Å². The van der Waals surface area contributed by atoms with Crippen LogP contribution in [0.25, 0.3) is 22.2 Å². The zero-order valence-electron chi connectivity index (χ0n) is 12.5. The second kappa shape index (κ2) is 5.58. The second-order valence-corrected chi connectivity index (χ2v) is 7.69. The monoisotopic (exact) mass is 349 g/mol. The average molecular weight is 350 g/mol. The molecule has 3 aromatic rings. The van der Waals surface area contributed by atoms with E-state index < -0.39 is 15.7 Å². The summed E-state index contributed by atoms with van der Waals surface area (Å²) in [6, 6.07) is 10.8. The lowest BCUT2D eigenvalue weighted by molar-refractivity contribution is 0.602. The van der Waals surface area contributed by atoms with Crippen LogP contribution in [0.4, 0.5) is 4.39 Å². The van der Waals surface area contributed by atoms with Gasteiger partial charge in [-0.3, -0.25) is 0 Å². The minimum atomic E-state index is -3.43. The molecule has 3 rings (SSSR count). The highest BCUT2D eigenvalue weighted by Crippen LogP contribution is 2.35. The molecule has 1 aromatic heterocycles. The van der Waals surface area contributed by atoms with Gasteiger partial charge in [-0.15, -0.1) is 0 Å². The Balaban J connectivity index is 2.40. The molecule has 0 saturated carbocycles. The Morgan fingerprint density at radius 3 is 2.52 bits per heavy atom. The van der Waals surface area contributed by atoms with Gasteiger partial charge in [0.15, 0.2) is 9.84 Å². The van der Waals surface area contributed by atoms with Crippen molar-refractivity contribution in [2.75, 3.05) is 6.26 Å². The Kier molecular flexibility index (Phi) is 3.86. The van der Waals surface area contributed by atoms with Gasteiger partial charge in [0, 0.05) is 23.3 Å². The van der Waals surface area contributed by atoms with Gasteiger partial charge in [0.05, 0.1) is 21.1 Å². The molecule has 118 valence electrons. The van der Waals surface area contributed by atoms with Gasteiger partial charge in [-0.25, -0.2) is 17.8 Å². The van der Waals surface area contributed by atoms with E-state index in [4.69, 9.17) is 11.6 Å². The molecule has 23 heavy (non-hydrogen) atoms. The number of fused-ring (bicyclic) bond motifs is 1. The van der Waals surface area contributed by atoms with Crippen LogP contribution >= 0.6 is 11.6 Å². The van der Waals surface area contributed by atoms with E-state index in [-0.39, 0.29) is 4.90 Å². The number of halogens is 2. The first kappa shape index (κ1) is 15.9. The number of sulfone groups is 1. The molecule has 0 fully saturated rings. The SMILES string of the molecule is Cc1c(-c2ccccc2S(C)(=O)=O)nc2cc(F)ccc2c1Cl. The number of benzene rings is 2. The summed E-state index contributed by atoms with van der Waals surface area (Å²) in [5.74, 6) is -0.424. The first-order chi connectivity index (χ1) is 10.8. The summed E-state index contributed by atoms with van der Waals surface area (Å²) in [4.78, 5) is 4.62. The van der Waals surface area contributed by atoms with Gasteiger partial charge in [-0.2, -0.15) is 0 Å². The predicted molar refractivity (Wildman–Crippen MR) is 90.0 cm³/mol. The van der Waals surface area contributed by atoms with Gasteiger partial charge in [-0.05, 0) is 30.7 Å². The third kappa shape index (κ3) is 2.82. The Bertz CT molecular complexity index is 1030. The van der Waals surface area contributed by atoms with Crippen molar-refractivity contribution in [2.45, 2.75) is 11.8 Å². The molecular weight excluding hydrogens is 337 g/mol. The van der Waals surface area contributed by atoms with Crippen LogP contribution < -0.4 is 0 Å². The number of aromatic nitrogens is 1. The highest BCUT2D eigenvalue weighted by atomic mass is 35.5. The van der Waals surface area contributed by atoms with E-state index in [2.05, 4.69) is 4.98 Å².